The summed E-state index contributed by atoms with van der Waals surface area (Å²) in [5.74, 6) is 0. The van der Waals surface area contributed by atoms with Gasteiger partial charge in [-0.3, -0.25) is 0 Å². The summed E-state index contributed by atoms with van der Waals surface area (Å²) in [4.78, 5) is 0. The molecule has 0 amide bonds. The number of hydrogen-bond donors (Lipinski definition) is 2. The molecule has 0 aromatic carbocycles. The van der Waals surface area contributed by atoms with Crippen LogP contribution >= 0.6 is 0 Å². The number of hydrogen-bond acceptors (Lipinski definition) is 2. The van der Waals surface area contributed by atoms with Crippen LogP contribution in [0.5, 0.6) is 0 Å². The van der Waals surface area contributed by atoms with E-state index >= 15 is 0 Å². The Morgan fingerprint density at radius 3 is 1.38 bits per heavy atom. The summed E-state index contributed by atoms with van der Waals surface area (Å²) < 4.78 is 0. The first-order chi connectivity index (χ1) is 3.13. The fourth-order valence-corrected chi connectivity index (χ4v) is 0.494. The van der Waals surface area contributed by atoms with Crippen molar-refractivity contribution < 1.29 is 30.3 Å². The minimum atomic E-state index is -0.375. The van der Waals surface area contributed by atoms with Gasteiger partial charge in [0.25, 0.3) is 0 Å². The molecule has 0 aliphatic rings. The van der Waals surface area contributed by atoms with Crippen molar-refractivity contribution >= 4 is 0 Å². The summed E-state index contributed by atoms with van der Waals surface area (Å²) in [6, 6.07) is 0. The van der Waals surface area contributed by atoms with E-state index in [1.54, 1.807) is 13.8 Å². The van der Waals surface area contributed by atoms with Crippen LogP contribution in [0.25, 0.3) is 0 Å². The second-order valence-electron chi connectivity index (χ2n) is 1.93. The SMILES string of the molecule is CC(O)CC(C)O.[Ir]. The fraction of sp³-hybridized carbons (Fsp3) is 1.00. The van der Waals surface area contributed by atoms with Gasteiger partial charge in [-0.15, -0.1) is 0 Å². The van der Waals surface area contributed by atoms with Gasteiger partial charge >= 0.3 is 0 Å². The first-order valence-electron chi connectivity index (χ1n) is 2.49. The Hall–Kier alpha value is 0.569. The first kappa shape index (κ1) is 11.4. The molecule has 0 bridgehead atoms. The molecular formula is C5H12IrO2. The van der Waals surface area contributed by atoms with Gasteiger partial charge < -0.3 is 10.2 Å². The molecule has 0 aliphatic heterocycles. The largest absolute Gasteiger partial charge is 0.393 e. The monoisotopic (exact) mass is 297 g/mol. The molecule has 53 valence electrons. The normalized spacial score (nSPS) is 16.5. The summed E-state index contributed by atoms with van der Waals surface area (Å²) in [6.45, 7) is 3.32. The molecule has 2 unspecified atom stereocenters. The molecule has 0 heterocycles. The molecule has 0 aromatic heterocycles. The van der Waals surface area contributed by atoms with Crippen LogP contribution < -0.4 is 0 Å². The number of aliphatic hydroxyl groups excluding tert-OH is 2. The molecular weight excluding hydrogens is 284 g/mol. The van der Waals surface area contributed by atoms with E-state index in [1.807, 2.05) is 0 Å². The van der Waals surface area contributed by atoms with Gasteiger partial charge in [-0.1, -0.05) is 0 Å². The minimum absolute atomic E-state index is 0. The van der Waals surface area contributed by atoms with Crippen LogP contribution in [0.15, 0.2) is 0 Å². The summed E-state index contributed by atoms with van der Waals surface area (Å²) >= 11 is 0. The maximum atomic E-state index is 8.56. The van der Waals surface area contributed by atoms with Crippen LogP contribution in [0, 0.1) is 0 Å². The van der Waals surface area contributed by atoms with Crippen LogP contribution in [-0.4, -0.2) is 22.4 Å². The van der Waals surface area contributed by atoms with Crippen molar-refractivity contribution in [1.82, 2.24) is 0 Å². The fourth-order valence-electron chi connectivity index (χ4n) is 0.494. The van der Waals surface area contributed by atoms with E-state index in [9.17, 15) is 0 Å². The molecule has 0 spiro atoms. The van der Waals surface area contributed by atoms with Gasteiger partial charge in [0, 0.05) is 20.1 Å². The second kappa shape index (κ2) is 5.70. The van der Waals surface area contributed by atoms with E-state index in [0.29, 0.717) is 6.42 Å². The summed E-state index contributed by atoms with van der Waals surface area (Å²) in [7, 11) is 0. The third-order valence-electron chi connectivity index (χ3n) is 0.682. The minimum Gasteiger partial charge on any atom is -0.393 e. The average molecular weight is 296 g/mol. The topological polar surface area (TPSA) is 40.5 Å². The summed E-state index contributed by atoms with van der Waals surface area (Å²) in [6.07, 6.45) is -0.278. The number of aliphatic hydroxyl groups is 2. The van der Waals surface area contributed by atoms with Gasteiger partial charge in [-0.05, 0) is 20.3 Å². The van der Waals surface area contributed by atoms with Crippen LogP contribution in [0.4, 0.5) is 0 Å². The maximum absolute atomic E-state index is 8.56. The molecule has 0 fully saturated rings. The van der Waals surface area contributed by atoms with Crippen molar-refractivity contribution in [3.8, 4) is 0 Å². The molecule has 0 aromatic rings. The zero-order valence-electron chi connectivity index (χ0n) is 5.09. The van der Waals surface area contributed by atoms with E-state index in [4.69, 9.17) is 10.2 Å². The second-order valence-corrected chi connectivity index (χ2v) is 1.93. The zero-order chi connectivity index (χ0) is 5.86. The third kappa shape index (κ3) is 9.76. The third-order valence-corrected chi connectivity index (χ3v) is 0.682. The van der Waals surface area contributed by atoms with Crippen LogP contribution in [0.3, 0.4) is 0 Å². The summed E-state index contributed by atoms with van der Waals surface area (Å²) in [5.41, 5.74) is 0. The van der Waals surface area contributed by atoms with Crippen LogP contribution in [-0.2, 0) is 20.1 Å². The molecule has 0 aliphatic carbocycles. The Morgan fingerprint density at radius 1 is 1.12 bits per heavy atom. The van der Waals surface area contributed by atoms with E-state index in [-0.39, 0.29) is 32.3 Å². The summed E-state index contributed by atoms with van der Waals surface area (Å²) in [5, 5.41) is 17.1. The van der Waals surface area contributed by atoms with Gasteiger partial charge in [0.2, 0.25) is 0 Å². The van der Waals surface area contributed by atoms with Gasteiger partial charge in [-0.2, -0.15) is 0 Å². The average Bonchev–Trinajstić information content (AvgIpc) is 1.27. The Balaban J connectivity index is 0. The van der Waals surface area contributed by atoms with Crippen molar-refractivity contribution in [2.45, 2.75) is 32.5 Å². The van der Waals surface area contributed by atoms with Crippen molar-refractivity contribution in [2.24, 2.45) is 0 Å². The Kier molecular flexibility index (Phi) is 8.11. The maximum Gasteiger partial charge on any atom is 0.0536 e. The molecule has 8 heavy (non-hydrogen) atoms. The van der Waals surface area contributed by atoms with Crippen molar-refractivity contribution in [2.75, 3.05) is 0 Å². The molecule has 2 N–H and O–H groups in total. The number of rotatable bonds is 2. The molecule has 0 saturated heterocycles. The molecule has 0 rings (SSSR count). The molecule has 2 nitrogen and oxygen atoms in total. The van der Waals surface area contributed by atoms with Crippen molar-refractivity contribution in [3.05, 3.63) is 0 Å². The van der Waals surface area contributed by atoms with Crippen molar-refractivity contribution in [3.63, 3.8) is 0 Å². The predicted molar refractivity (Wildman–Crippen MR) is 28.0 cm³/mol. The van der Waals surface area contributed by atoms with Gasteiger partial charge in [-0.25, -0.2) is 0 Å². The molecule has 0 saturated carbocycles. The standard InChI is InChI=1S/C5H12O2.Ir/c1-4(6)3-5(2)7;/h4-7H,3H2,1-2H3;. The van der Waals surface area contributed by atoms with E-state index in [0.717, 1.165) is 0 Å². The van der Waals surface area contributed by atoms with E-state index in [1.165, 1.54) is 0 Å². The van der Waals surface area contributed by atoms with Crippen molar-refractivity contribution in [1.29, 1.82) is 0 Å². The molecule has 3 heteroatoms. The van der Waals surface area contributed by atoms with Crippen LogP contribution in [0.2, 0.25) is 0 Å². The molecule has 2 atom stereocenters. The Labute approximate surface area is 63.3 Å². The Bertz CT molecular complexity index is 39.7. The Morgan fingerprint density at radius 2 is 1.38 bits per heavy atom. The van der Waals surface area contributed by atoms with Gasteiger partial charge in [0.05, 0.1) is 12.2 Å². The quantitative estimate of drug-likeness (QED) is 0.761. The zero-order valence-corrected chi connectivity index (χ0v) is 7.48. The predicted octanol–water partition coefficient (Wildman–Crippen LogP) is 0.136. The first-order valence-corrected chi connectivity index (χ1v) is 2.49. The van der Waals surface area contributed by atoms with E-state index < -0.39 is 0 Å². The van der Waals surface area contributed by atoms with Gasteiger partial charge in [0.1, 0.15) is 0 Å². The molecule has 1 radical (unpaired) electrons. The van der Waals surface area contributed by atoms with Crippen LogP contribution in [0.1, 0.15) is 20.3 Å². The smallest absolute Gasteiger partial charge is 0.0536 e. The van der Waals surface area contributed by atoms with Gasteiger partial charge in [0.15, 0.2) is 0 Å². The van der Waals surface area contributed by atoms with E-state index in [2.05, 4.69) is 0 Å².